The molecule has 1 atom stereocenters. The van der Waals surface area contributed by atoms with Gasteiger partial charge in [-0.3, -0.25) is 4.68 Å². The largest absolute Gasteiger partial charge is 0.487 e. The highest BCUT2D eigenvalue weighted by molar-refractivity contribution is 6.30. The molecule has 2 aromatic rings. The first-order chi connectivity index (χ1) is 8.56. The Hall–Kier alpha value is -1.59. The number of hydrogen-bond acceptors (Lipinski definition) is 4. The Morgan fingerprint density at radius 3 is 2.89 bits per heavy atom. The molecule has 5 nitrogen and oxygen atoms in total. The third kappa shape index (κ3) is 3.00. The number of aromatic nitrogens is 3. The minimum absolute atomic E-state index is 0.301. The van der Waals surface area contributed by atoms with Crippen LogP contribution < -0.4 is 4.74 Å². The van der Waals surface area contributed by atoms with E-state index in [2.05, 4.69) is 10.3 Å². The van der Waals surface area contributed by atoms with Gasteiger partial charge in [0.25, 0.3) is 0 Å². The van der Waals surface area contributed by atoms with E-state index in [-0.39, 0.29) is 0 Å². The monoisotopic (exact) mass is 267 g/mol. The molecule has 1 heterocycles. The Bertz CT molecular complexity index is 540. The van der Waals surface area contributed by atoms with Gasteiger partial charge >= 0.3 is 0 Å². The first-order valence-corrected chi connectivity index (χ1v) is 5.89. The topological polar surface area (TPSA) is 60.2 Å². The van der Waals surface area contributed by atoms with Crippen LogP contribution in [0.3, 0.4) is 0 Å². The van der Waals surface area contributed by atoms with E-state index in [1.54, 1.807) is 43.0 Å². The molecule has 0 aliphatic heterocycles. The van der Waals surface area contributed by atoms with Gasteiger partial charge in [0.05, 0.1) is 12.3 Å². The van der Waals surface area contributed by atoms with Gasteiger partial charge in [-0.2, -0.15) is 0 Å². The van der Waals surface area contributed by atoms with Gasteiger partial charge in [-0.15, -0.1) is 5.10 Å². The van der Waals surface area contributed by atoms with Crippen LogP contribution in [0.4, 0.5) is 0 Å². The standard InChI is InChI=1S/C12H14ClN3O2/c1-8(17)11-5-9(13)3-4-12(11)18-7-10-6-16(2)15-14-10/h3-6,8,17H,7H2,1-2H3/t8-/m1/s1. The highest BCUT2D eigenvalue weighted by Crippen LogP contribution is 2.28. The average molecular weight is 268 g/mol. The average Bonchev–Trinajstić information content (AvgIpc) is 2.73. The van der Waals surface area contributed by atoms with Crippen molar-refractivity contribution in [3.05, 3.63) is 40.7 Å². The lowest BCUT2D eigenvalue weighted by Gasteiger charge is -2.12. The summed E-state index contributed by atoms with van der Waals surface area (Å²) in [4.78, 5) is 0. The van der Waals surface area contributed by atoms with Gasteiger partial charge in [0.1, 0.15) is 18.1 Å². The van der Waals surface area contributed by atoms with Crippen LogP contribution in [0, 0.1) is 0 Å². The van der Waals surface area contributed by atoms with E-state index in [1.165, 1.54) is 0 Å². The molecule has 0 unspecified atom stereocenters. The third-order valence-corrected chi connectivity index (χ3v) is 2.68. The molecule has 0 saturated heterocycles. The summed E-state index contributed by atoms with van der Waals surface area (Å²) in [5.41, 5.74) is 1.38. The summed E-state index contributed by atoms with van der Waals surface area (Å²) in [6.45, 7) is 1.97. The molecule has 6 heteroatoms. The second kappa shape index (κ2) is 5.37. The minimum atomic E-state index is -0.638. The Morgan fingerprint density at radius 1 is 1.50 bits per heavy atom. The fourth-order valence-electron chi connectivity index (χ4n) is 1.59. The molecule has 0 radical (unpaired) electrons. The summed E-state index contributed by atoms with van der Waals surface area (Å²) in [7, 11) is 1.79. The van der Waals surface area contributed by atoms with E-state index in [1.807, 2.05) is 0 Å². The zero-order valence-corrected chi connectivity index (χ0v) is 10.9. The van der Waals surface area contributed by atoms with Crippen LogP contribution in [0.25, 0.3) is 0 Å². The fraction of sp³-hybridized carbons (Fsp3) is 0.333. The van der Waals surface area contributed by atoms with Crippen LogP contribution in [-0.2, 0) is 13.7 Å². The lowest BCUT2D eigenvalue weighted by atomic mass is 10.1. The zero-order chi connectivity index (χ0) is 13.1. The van der Waals surface area contributed by atoms with E-state index in [9.17, 15) is 5.11 Å². The molecular formula is C12H14ClN3O2. The third-order valence-electron chi connectivity index (χ3n) is 2.45. The summed E-state index contributed by atoms with van der Waals surface area (Å²) in [5, 5.41) is 18.0. The van der Waals surface area contributed by atoms with E-state index < -0.39 is 6.10 Å². The second-order valence-electron chi connectivity index (χ2n) is 4.03. The predicted molar refractivity (Wildman–Crippen MR) is 67.4 cm³/mol. The minimum Gasteiger partial charge on any atom is -0.487 e. The Morgan fingerprint density at radius 2 is 2.28 bits per heavy atom. The Balaban J connectivity index is 2.13. The second-order valence-corrected chi connectivity index (χ2v) is 4.47. The van der Waals surface area contributed by atoms with Gasteiger partial charge in [0.15, 0.2) is 0 Å². The number of halogens is 1. The van der Waals surface area contributed by atoms with E-state index in [0.717, 1.165) is 5.69 Å². The number of ether oxygens (including phenoxy) is 1. The molecule has 2 rings (SSSR count). The number of nitrogens with zero attached hydrogens (tertiary/aromatic N) is 3. The summed E-state index contributed by atoms with van der Waals surface area (Å²) >= 11 is 5.89. The maximum Gasteiger partial charge on any atom is 0.134 e. The molecule has 0 aliphatic carbocycles. The molecule has 0 amide bonds. The van der Waals surface area contributed by atoms with Crippen molar-refractivity contribution in [1.29, 1.82) is 0 Å². The van der Waals surface area contributed by atoms with Gasteiger partial charge in [-0.25, -0.2) is 0 Å². The highest BCUT2D eigenvalue weighted by atomic mass is 35.5. The predicted octanol–water partition coefficient (Wildman–Crippen LogP) is 2.10. The van der Waals surface area contributed by atoms with Crippen molar-refractivity contribution in [2.24, 2.45) is 7.05 Å². The number of benzene rings is 1. The first kappa shape index (κ1) is 12.9. The number of aryl methyl sites for hydroxylation is 1. The molecule has 96 valence electrons. The van der Waals surface area contributed by atoms with Crippen molar-refractivity contribution in [3.63, 3.8) is 0 Å². The molecule has 1 N–H and O–H groups in total. The van der Waals surface area contributed by atoms with Crippen molar-refractivity contribution >= 4 is 11.6 Å². The first-order valence-electron chi connectivity index (χ1n) is 5.52. The molecule has 0 saturated carbocycles. The highest BCUT2D eigenvalue weighted by Gasteiger charge is 2.10. The van der Waals surface area contributed by atoms with Crippen molar-refractivity contribution < 1.29 is 9.84 Å². The number of rotatable bonds is 4. The van der Waals surface area contributed by atoms with Crippen LogP contribution >= 0.6 is 11.6 Å². The van der Waals surface area contributed by atoms with Gasteiger partial charge in [0, 0.05) is 17.6 Å². The molecule has 0 spiro atoms. The van der Waals surface area contributed by atoms with Crippen LogP contribution in [0.2, 0.25) is 5.02 Å². The Labute approximate surface area is 110 Å². The zero-order valence-electron chi connectivity index (χ0n) is 10.2. The summed E-state index contributed by atoms with van der Waals surface area (Å²) < 4.78 is 7.23. The fourth-order valence-corrected chi connectivity index (χ4v) is 1.77. The van der Waals surface area contributed by atoms with Gasteiger partial charge in [-0.1, -0.05) is 16.8 Å². The van der Waals surface area contributed by atoms with Gasteiger partial charge < -0.3 is 9.84 Å². The van der Waals surface area contributed by atoms with E-state index >= 15 is 0 Å². The molecular weight excluding hydrogens is 254 g/mol. The van der Waals surface area contributed by atoms with Crippen molar-refractivity contribution in [3.8, 4) is 5.75 Å². The molecule has 0 fully saturated rings. The maximum absolute atomic E-state index is 9.66. The van der Waals surface area contributed by atoms with Gasteiger partial charge in [0.2, 0.25) is 0 Å². The summed E-state index contributed by atoms with van der Waals surface area (Å²) in [6.07, 6.45) is 1.14. The summed E-state index contributed by atoms with van der Waals surface area (Å²) in [5.74, 6) is 0.597. The van der Waals surface area contributed by atoms with Gasteiger partial charge in [-0.05, 0) is 25.1 Å². The van der Waals surface area contributed by atoms with Crippen molar-refractivity contribution in [2.75, 3.05) is 0 Å². The number of aliphatic hydroxyl groups excluding tert-OH is 1. The maximum atomic E-state index is 9.66. The van der Waals surface area contributed by atoms with Crippen LogP contribution in [0.5, 0.6) is 5.75 Å². The molecule has 1 aromatic carbocycles. The molecule has 1 aromatic heterocycles. The number of aliphatic hydroxyl groups is 1. The smallest absolute Gasteiger partial charge is 0.134 e. The molecule has 0 bridgehead atoms. The normalized spacial score (nSPS) is 12.4. The lowest BCUT2D eigenvalue weighted by Crippen LogP contribution is -2.01. The summed E-state index contributed by atoms with van der Waals surface area (Å²) in [6, 6.07) is 5.15. The molecule has 18 heavy (non-hydrogen) atoms. The van der Waals surface area contributed by atoms with Crippen molar-refractivity contribution in [2.45, 2.75) is 19.6 Å². The van der Waals surface area contributed by atoms with Crippen LogP contribution in [0.15, 0.2) is 24.4 Å². The van der Waals surface area contributed by atoms with Crippen LogP contribution in [-0.4, -0.2) is 20.1 Å². The Kier molecular flexibility index (Phi) is 3.84. The quantitative estimate of drug-likeness (QED) is 0.922. The van der Waals surface area contributed by atoms with E-state index in [4.69, 9.17) is 16.3 Å². The SMILES string of the molecule is C[C@@H](O)c1cc(Cl)ccc1OCc1cn(C)nn1. The number of hydrogen-bond donors (Lipinski definition) is 1. The van der Waals surface area contributed by atoms with E-state index in [0.29, 0.717) is 22.9 Å². The van der Waals surface area contributed by atoms with Crippen LogP contribution in [0.1, 0.15) is 24.3 Å². The molecule has 0 aliphatic rings. The lowest BCUT2D eigenvalue weighted by molar-refractivity contribution is 0.190. The van der Waals surface area contributed by atoms with Crippen molar-refractivity contribution in [1.82, 2.24) is 15.0 Å².